The SMILES string of the molecule is CC(C)C1COCc2cc(N)cc3c2N1C1CCNCC31. The van der Waals surface area contributed by atoms with Crippen LogP contribution < -0.4 is 16.0 Å². The van der Waals surface area contributed by atoms with Crippen LogP contribution in [-0.2, 0) is 11.3 Å². The van der Waals surface area contributed by atoms with Gasteiger partial charge in [0.1, 0.15) is 0 Å². The number of ether oxygens (including phenoxy) is 1. The topological polar surface area (TPSA) is 50.5 Å². The summed E-state index contributed by atoms with van der Waals surface area (Å²) in [6, 6.07) is 5.39. The molecular formula is C17H25N3O. The molecule has 4 rings (SSSR count). The van der Waals surface area contributed by atoms with Crippen LogP contribution in [0.15, 0.2) is 12.1 Å². The molecule has 114 valence electrons. The standard InChI is InChI=1S/C17H25N3O/c1-10(2)16-9-21-8-11-5-12(18)6-13-14-7-19-4-3-15(14)20(16)17(11)13/h5-6,10,14-16,19H,3-4,7-9,18H2,1-2H3. The zero-order valence-electron chi connectivity index (χ0n) is 12.9. The van der Waals surface area contributed by atoms with Gasteiger partial charge in [0.15, 0.2) is 0 Å². The van der Waals surface area contributed by atoms with E-state index >= 15 is 0 Å². The molecular weight excluding hydrogens is 262 g/mol. The molecule has 4 heteroatoms. The number of nitrogens with one attached hydrogen (secondary N) is 1. The average molecular weight is 287 g/mol. The Balaban J connectivity index is 1.89. The van der Waals surface area contributed by atoms with E-state index in [1.165, 1.54) is 23.2 Å². The van der Waals surface area contributed by atoms with Crippen molar-refractivity contribution in [2.75, 3.05) is 30.3 Å². The van der Waals surface area contributed by atoms with Crippen molar-refractivity contribution in [2.45, 2.75) is 44.9 Å². The van der Waals surface area contributed by atoms with Gasteiger partial charge < -0.3 is 20.7 Å². The molecule has 0 radical (unpaired) electrons. The van der Waals surface area contributed by atoms with Gasteiger partial charge in [0.05, 0.1) is 19.3 Å². The van der Waals surface area contributed by atoms with Gasteiger partial charge in [-0.05, 0) is 36.6 Å². The summed E-state index contributed by atoms with van der Waals surface area (Å²) in [5, 5.41) is 3.56. The minimum atomic E-state index is 0.474. The highest BCUT2D eigenvalue weighted by molar-refractivity contribution is 5.72. The van der Waals surface area contributed by atoms with Crippen molar-refractivity contribution in [1.82, 2.24) is 5.32 Å². The van der Waals surface area contributed by atoms with Gasteiger partial charge in [0, 0.05) is 35.4 Å². The molecule has 1 saturated heterocycles. The zero-order valence-corrected chi connectivity index (χ0v) is 12.9. The molecule has 1 fully saturated rings. The first kappa shape index (κ1) is 13.4. The lowest BCUT2D eigenvalue weighted by Crippen LogP contribution is -2.51. The second kappa shape index (κ2) is 4.89. The van der Waals surface area contributed by atoms with Crippen LogP contribution >= 0.6 is 0 Å². The van der Waals surface area contributed by atoms with Crippen molar-refractivity contribution in [2.24, 2.45) is 5.92 Å². The Morgan fingerprint density at radius 2 is 2.24 bits per heavy atom. The molecule has 0 saturated carbocycles. The van der Waals surface area contributed by atoms with Crippen molar-refractivity contribution in [3.05, 3.63) is 23.3 Å². The third kappa shape index (κ3) is 1.96. The fourth-order valence-corrected chi connectivity index (χ4v) is 4.41. The van der Waals surface area contributed by atoms with Crippen LogP contribution in [0.5, 0.6) is 0 Å². The number of rotatable bonds is 1. The molecule has 3 N–H and O–H groups in total. The highest BCUT2D eigenvalue weighted by atomic mass is 16.5. The molecule has 4 nitrogen and oxygen atoms in total. The molecule has 0 bridgehead atoms. The number of anilines is 2. The number of nitrogens with two attached hydrogens (primary N) is 1. The Hall–Kier alpha value is -1.26. The molecule has 3 aliphatic heterocycles. The number of nitrogen functional groups attached to an aromatic ring is 1. The lowest BCUT2D eigenvalue weighted by molar-refractivity contribution is 0.0984. The Kier molecular flexibility index (Phi) is 3.12. The summed E-state index contributed by atoms with van der Waals surface area (Å²) in [7, 11) is 0. The molecule has 1 aromatic rings. The minimum Gasteiger partial charge on any atom is -0.399 e. The Morgan fingerprint density at radius 1 is 1.38 bits per heavy atom. The predicted molar refractivity (Wildman–Crippen MR) is 85.6 cm³/mol. The molecule has 3 heterocycles. The van der Waals surface area contributed by atoms with Gasteiger partial charge in [-0.1, -0.05) is 13.8 Å². The van der Waals surface area contributed by atoms with Gasteiger partial charge in [-0.2, -0.15) is 0 Å². The summed E-state index contributed by atoms with van der Waals surface area (Å²) in [6.45, 7) is 8.32. The van der Waals surface area contributed by atoms with Crippen LogP contribution in [0.4, 0.5) is 11.4 Å². The Bertz CT molecular complexity index is 557. The average Bonchev–Trinajstić information content (AvgIpc) is 2.65. The van der Waals surface area contributed by atoms with E-state index < -0.39 is 0 Å². The Morgan fingerprint density at radius 3 is 3.05 bits per heavy atom. The number of piperidine rings is 1. The van der Waals surface area contributed by atoms with Gasteiger partial charge >= 0.3 is 0 Å². The van der Waals surface area contributed by atoms with E-state index in [1.54, 1.807) is 0 Å². The molecule has 0 amide bonds. The first-order chi connectivity index (χ1) is 10.2. The largest absolute Gasteiger partial charge is 0.399 e. The molecule has 3 unspecified atom stereocenters. The van der Waals surface area contributed by atoms with Crippen LogP contribution in [0.2, 0.25) is 0 Å². The van der Waals surface area contributed by atoms with Gasteiger partial charge in [0.25, 0.3) is 0 Å². The lowest BCUT2D eigenvalue weighted by atomic mass is 9.89. The highest BCUT2D eigenvalue weighted by Crippen LogP contribution is 2.49. The second-order valence-electron chi connectivity index (χ2n) is 7.02. The molecule has 3 aliphatic rings. The monoisotopic (exact) mass is 287 g/mol. The number of benzene rings is 1. The van der Waals surface area contributed by atoms with E-state index in [9.17, 15) is 0 Å². The molecule has 21 heavy (non-hydrogen) atoms. The van der Waals surface area contributed by atoms with Gasteiger partial charge in [0.2, 0.25) is 0 Å². The van der Waals surface area contributed by atoms with E-state index in [1.807, 2.05) is 0 Å². The summed E-state index contributed by atoms with van der Waals surface area (Å²) in [6.07, 6.45) is 1.21. The maximum Gasteiger partial charge on any atom is 0.0738 e. The van der Waals surface area contributed by atoms with Crippen molar-refractivity contribution < 1.29 is 4.74 Å². The van der Waals surface area contributed by atoms with Gasteiger partial charge in [-0.25, -0.2) is 0 Å². The van der Waals surface area contributed by atoms with Crippen LogP contribution in [0.3, 0.4) is 0 Å². The van der Waals surface area contributed by atoms with Crippen LogP contribution in [0.25, 0.3) is 0 Å². The van der Waals surface area contributed by atoms with Crippen LogP contribution in [-0.4, -0.2) is 31.8 Å². The van der Waals surface area contributed by atoms with Crippen LogP contribution in [0, 0.1) is 5.92 Å². The molecule has 0 spiro atoms. The van der Waals surface area contributed by atoms with Crippen molar-refractivity contribution in [3.8, 4) is 0 Å². The summed E-state index contributed by atoms with van der Waals surface area (Å²) in [4.78, 5) is 2.69. The fourth-order valence-electron chi connectivity index (χ4n) is 4.41. The first-order valence-electron chi connectivity index (χ1n) is 8.16. The highest BCUT2D eigenvalue weighted by Gasteiger charge is 2.45. The summed E-state index contributed by atoms with van der Waals surface area (Å²) >= 11 is 0. The maximum absolute atomic E-state index is 6.15. The minimum absolute atomic E-state index is 0.474. The van der Waals surface area contributed by atoms with Crippen LogP contribution in [0.1, 0.15) is 37.3 Å². The number of nitrogens with zero attached hydrogens (tertiary/aromatic N) is 1. The van der Waals surface area contributed by atoms with Crippen molar-refractivity contribution >= 4 is 11.4 Å². The van der Waals surface area contributed by atoms with Gasteiger partial charge in [-0.15, -0.1) is 0 Å². The van der Waals surface area contributed by atoms with Crippen molar-refractivity contribution in [1.29, 1.82) is 0 Å². The summed E-state index contributed by atoms with van der Waals surface area (Å²) < 4.78 is 5.98. The zero-order chi connectivity index (χ0) is 14.6. The number of fused-ring (bicyclic) bond motifs is 3. The lowest BCUT2D eigenvalue weighted by Gasteiger charge is -2.40. The van der Waals surface area contributed by atoms with E-state index in [0.717, 1.165) is 25.4 Å². The predicted octanol–water partition coefficient (Wildman–Crippen LogP) is 2.09. The molecule has 1 aromatic carbocycles. The normalized spacial score (nSPS) is 31.0. The van der Waals surface area contributed by atoms with E-state index in [2.05, 4.69) is 36.2 Å². The quantitative estimate of drug-likeness (QED) is 0.777. The third-order valence-electron chi connectivity index (χ3n) is 5.37. The third-order valence-corrected chi connectivity index (χ3v) is 5.37. The maximum atomic E-state index is 6.15. The number of hydrogen-bond donors (Lipinski definition) is 2. The fraction of sp³-hybridized carbons (Fsp3) is 0.647. The number of hydrogen-bond acceptors (Lipinski definition) is 4. The van der Waals surface area contributed by atoms with E-state index in [0.29, 0.717) is 30.5 Å². The first-order valence-corrected chi connectivity index (χ1v) is 8.16. The van der Waals surface area contributed by atoms with E-state index in [4.69, 9.17) is 10.5 Å². The summed E-state index contributed by atoms with van der Waals surface area (Å²) in [5.74, 6) is 1.17. The second-order valence-corrected chi connectivity index (χ2v) is 7.02. The molecule has 3 atom stereocenters. The molecule has 0 aromatic heterocycles. The van der Waals surface area contributed by atoms with Crippen molar-refractivity contribution in [3.63, 3.8) is 0 Å². The van der Waals surface area contributed by atoms with E-state index in [-0.39, 0.29) is 0 Å². The molecule has 0 aliphatic carbocycles. The Labute approximate surface area is 126 Å². The van der Waals surface area contributed by atoms with Gasteiger partial charge in [-0.3, -0.25) is 0 Å². The summed E-state index contributed by atoms with van der Waals surface area (Å²) in [5.41, 5.74) is 11.2. The smallest absolute Gasteiger partial charge is 0.0738 e.